The van der Waals surface area contributed by atoms with Crippen LogP contribution < -0.4 is 0 Å². The second-order valence-electron chi connectivity index (χ2n) is 4.84. The van der Waals surface area contributed by atoms with Gasteiger partial charge in [0.05, 0.1) is 0 Å². The Balaban J connectivity index is 1.96. The largest absolute Gasteiger partial charge is 0.303 e. The van der Waals surface area contributed by atoms with Gasteiger partial charge in [-0.15, -0.1) is 0 Å². The van der Waals surface area contributed by atoms with Crippen LogP contribution in [0, 0.1) is 16.7 Å². The van der Waals surface area contributed by atoms with E-state index in [0.717, 1.165) is 0 Å². The molecule has 1 nitrogen and oxygen atoms in total. The highest BCUT2D eigenvalue weighted by Crippen LogP contribution is 2.74. The van der Waals surface area contributed by atoms with Crippen LogP contribution in [0.5, 0.6) is 0 Å². The molecular formula is C10H14O. The molecule has 1 heteroatoms. The molecule has 3 aliphatic rings. The zero-order valence-corrected chi connectivity index (χ0v) is 6.81. The van der Waals surface area contributed by atoms with Crippen LogP contribution in [0.25, 0.3) is 0 Å². The standard InChI is InChI=1S/C10H14O/c11-7-8-9(1-2-9)5-6-10(8)3-4-10/h7-8H,1-6H2. The normalized spacial score (nSPS) is 36.4. The van der Waals surface area contributed by atoms with Gasteiger partial charge in [0.2, 0.25) is 0 Å². The molecule has 0 heterocycles. The molecule has 0 aromatic carbocycles. The van der Waals surface area contributed by atoms with Gasteiger partial charge in [-0.2, -0.15) is 0 Å². The van der Waals surface area contributed by atoms with Crippen molar-refractivity contribution in [1.29, 1.82) is 0 Å². The highest BCUT2D eigenvalue weighted by Gasteiger charge is 2.66. The Hall–Kier alpha value is -0.330. The van der Waals surface area contributed by atoms with Gasteiger partial charge < -0.3 is 4.79 Å². The Bertz CT molecular complexity index is 191. The SMILES string of the molecule is O=CC1C2(CC2)CCC12CC2. The van der Waals surface area contributed by atoms with Gasteiger partial charge in [-0.1, -0.05) is 0 Å². The van der Waals surface area contributed by atoms with E-state index in [0.29, 0.717) is 16.7 Å². The first-order chi connectivity index (χ1) is 5.31. The molecule has 0 amide bonds. The number of hydrogen-bond acceptors (Lipinski definition) is 1. The van der Waals surface area contributed by atoms with E-state index in [1.807, 2.05) is 0 Å². The van der Waals surface area contributed by atoms with Gasteiger partial charge in [0.15, 0.2) is 0 Å². The summed E-state index contributed by atoms with van der Waals surface area (Å²) in [5, 5.41) is 0. The number of carbonyl (C=O) groups is 1. The van der Waals surface area contributed by atoms with E-state index in [9.17, 15) is 4.79 Å². The van der Waals surface area contributed by atoms with Crippen molar-refractivity contribution in [2.45, 2.75) is 38.5 Å². The summed E-state index contributed by atoms with van der Waals surface area (Å²) in [6, 6.07) is 0. The first-order valence-corrected chi connectivity index (χ1v) is 4.77. The van der Waals surface area contributed by atoms with E-state index in [2.05, 4.69) is 0 Å². The van der Waals surface area contributed by atoms with Crippen molar-refractivity contribution in [3.8, 4) is 0 Å². The van der Waals surface area contributed by atoms with Crippen molar-refractivity contribution >= 4 is 6.29 Å². The van der Waals surface area contributed by atoms with Crippen molar-refractivity contribution in [2.24, 2.45) is 16.7 Å². The summed E-state index contributed by atoms with van der Waals surface area (Å²) in [6.07, 6.45) is 9.37. The zero-order chi connectivity index (χ0) is 7.53. The molecule has 0 aliphatic heterocycles. The van der Waals surface area contributed by atoms with E-state index >= 15 is 0 Å². The molecule has 0 aromatic heterocycles. The lowest BCUT2D eigenvalue weighted by atomic mass is 9.86. The second-order valence-corrected chi connectivity index (χ2v) is 4.84. The van der Waals surface area contributed by atoms with Crippen molar-refractivity contribution in [2.75, 3.05) is 0 Å². The van der Waals surface area contributed by atoms with Crippen LogP contribution in [0.3, 0.4) is 0 Å². The third-order valence-electron chi connectivity index (χ3n) is 4.36. The van der Waals surface area contributed by atoms with Crippen LogP contribution in [0.2, 0.25) is 0 Å². The molecule has 0 N–H and O–H groups in total. The molecule has 0 saturated heterocycles. The van der Waals surface area contributed by atoms with Gasteiger partial charge in [0.25, 0.3) is 0 Å². The molecule has 3 aliphatic carbocycles. The maximum atomic E-state index is 10.9. The lowest BCUT2D eigenvalue weighted by Gasteiger charge is -2.16. The van der Waals surface area contributed by atoms with E-state index in [1.165, 1.54) is 44.8 Å². The average Bonchev–Trinajstić information content (AvgIpc) is 2.79. The Morgan fingerprint density at radius 1 is 0.909 bits per heavy atom. The van der Waals surface area contributed by atoms with Crippen LogP contribution in [-0.4, -0.2) is 6.29 Å². The number of hydrogen-bond donors (Lipinski definition) is 0. The maximum absolute atomic E-state index is 10.9. The van der Waals surface area contributed by atoms with E-state index in [-0.39, 0.29) is 0 Å². The molecule has 3 saturated carbocycles. The molecule has 3 rings (SSSR count). The Kier molecular flexibility index (Phi) is 0.875. The van der Waals surface area contributed by atoms with Gasteiger partial charge in [0, 0.05) is 5.92 Å². The summed E-state index contributed by atoms with van der Waals surface area (Å²) in [5.74, 6) is 0.468. The predicted octanol–water partition coefficient (Wildman–Crippen LogP) is 2.16. The number of aldehydes is 1. The molecule has 11 heavy (non-hydrogen) atoms. The fraction of sp³-hybridized carbons (Fsp3) is 0.900. The zero-order valence-electron chi connectivity index (χ0n) is 6.81. The summed E-state index contributed by atoms with van der Waals surface area (Å²) in [5.41, 5.74) is 1.08. The molecule has 60 valence electrons. The fourth-order valence-electron chi connectivity index (χ4n) is 3.19. The van der Waals surface area contributed by atoms with Crippen molar-refractivity contribution < 1.29 is 4.79 Å². The second kappa shape index (κ2) is 1.55. The maximum Gasteiger partial charge on any atom is 0.124 e. The topological polar surface area (TPSA) is 17.1 Å². The predicted molar refractivity (Wildman–Crippen MR) is 42.1 cm³/mol. The first kappa shape index (κ1) is 6.22. The van der Waals surface area contributed by atoms with Crippen LogP contribution in [-0.2, 0) is 4.79 Å². The van der Waals surface area contributed by atoms with Gasteiger partial charge in [0.1, 0.15) is 6.29 Å². The molecule has 0 aromatic rings. The van der Waals surface area contributed by atoms with E-state index in [4.69, 9.17) is 0 Å². The molecule has 3 fully saturated rings. The number of rotatable bonds is 1. The van der Waals surface area contributed by atoms with Gasteiger partial charge in [-0.25, -0.2) is 0 Å². The summed E-state index contributed by atoms with van der Waals surface area (Å²) in [4.78, 5) is 10.9. The minimum atomic E-state index is 0.468. The smallest absolute Gasteiger partial charge is 0.124 e. The van der Waals surface area contributed by atoms with Crippen LogP contribution in [0.15, 0.2) is 0 Å². The van der Waals surface area contributed by atoms with Gasteiger partial charge in [-0.3, -0.25) is 0 Å². The van der Waals surface area contributed by atoms with Crippen LogP contribution >= 0.6 is 0 Å². The summed E-state index contributed by atoms with van der Waals surface area (Å²) in [7, 11) is 0. The third-order valence-corrected chi connectivity index (χ3v) is 4.36. The van der Waals surface area contributed by atoms with E-state index in [1.54, 1.807) is 0 Å². The average molecular weight is 150 g/mol. The van der Waals surface area contributed by atoms with Crippen molar-refractivity contribution in [3.63, 3.8) is 0 Å². The monoisotopic (exact) mass is 150 g/mol. The minimum absolute atomic E-state index is 0.468. The molecule has 2 spiro atoms. The van der Waals surface area contributed by atoms with Gasteiger partial charge >= 0.3 is 0 Å². The summed E-state index contributed by atoms with van der Waals surface area (Å²) < 4.78 is 0. The Labute approximate surface area is 67.2 Å². The van der Waals surface area contributed by atoms with Gasteiger partial charge in [-0.05, 0) is 49.4 Å². The quantitative estimate of drug-likeness (QED) is 0.523. The van der Waals surface area contributed by atoms with Crippen LogP contribution in [0.4, 0.5) is 0 Å². The molecular weight excluding hydrogens is 136 g/mol. The fourth-order valence-corrected chi connectivity index (χ4v) is 3.19. The molecule has 0 radical (unpaired) electrons. The minimum Gasteiger partial charge on any atom is -0.303 e. The number of carbonyl (C=O) groups excluding carboxylic acids is 1. The molecule has 0 bridgehead atoms. The third kappa shape index (κ3) is 0.605. The lowest BCUT2D eigenvalue weighted by Crippen LogP contribution is -2.18. The van der Waals surface area contributed by atoms with Crippen molar-refractivity contribution in [1.82, 2.24) is 0 Å². The Morgan fingerprint density at radius 3 is 1.55 bits per heavy atom. The Morgan fingerprint density at radius 2 is 1.27 bits per heavy atom. The lowest BCUT2D eigenvalue weighted by molar-refractivity contribution is -0.114. The molecule has 0 unspecified atom stereocenters. The molecule has 0 atom stereocenters. The van der Waals surface area contributed by atoms with Crippen LogP contribution in [0.1, 0.15) is 38.5 Å². The van der Waals surface area contributed by atoms with Crippen molar-refractivity contribution in [3.05, 3.63) is 0 Å². The van der Waals surface area contributed by atoms with E-state index < -0.39 is 0 Å². The highest BCUT2D eigenvalue weighted by atomic mass is 16.1. The first-order valence-electron chi connectivity index (χ1n) is 4.77. The summed E-state index contributed by atoms with van der Waals surface area (Å²) >= 11 is 0. The highest BCUT2D eigenvalue weighted by molar-refractivity contribution is 5.60. The summed E-state index contributed by atoms with van der Waals surface area (Å²) in [6.45, 7) is 0.